The Morgan fingerprint density at radius 3 is 2.30 bits per heavy atom. The molecule has 1 spiro atoms. The summed E-state index contributed by atoms with van der Waals surface area (Å²) in [4.78, 5) is 37.5. The summed E-state index contributed by atoms with van der Waals surface area (Å²) in [6.07, 6.45) is 17.2. The number of hydrogen-bond acceptors (Lipinski definition) is 11. The Morgan fingerprint density at radius 1 is 0.952 bits per heavy atom. The predicted molar refractivity (Wildman–Crippen MR) is 250 cm³/mol. The number of piperidine rings is 2. The number of hydrogen-bond donors (Lipinski definition) is 5. The number of pyridine rings is 1. The summed E-state index contributed by atoms with van der Waals surface area (Å²) in [7, 11) is 1.63. The van der Waals surface area contributed by atoms with Crippen molar-refractivity contribution in [1.82, 2.24) is 24.7 Å². The molecule has 336 valence electrons. The smallest absolute Gasteiger partial charge is 0.321 e. The number of allylic oxidation sites excluding steroid dienone is 1. The fourth-order valence-electron chi connectivity index (χ4n) is 10.2. The molecule has 2 amide bonds. The number of urea groups is 1. The second-order valence-electron chi connectivity index (χ2n) is 18.2. The van der Waals surface area contributed by atoms with Gasteiger partial charge in [0, 0.05) is 87.3 Å². The number of phenols is 1. The first-order valence-electron chi connectivity index (χ1n) is 22.9. The topological polar surface area (TPSA) is 184 Å². The quantitative estimate of drug-likeness (QED) is 0.0821. The number of rotatable bonds is 12. The number of para-hydroxylation sites is 2. The van der Waals surface area contributed by atoms with E-state index in [9.17, 15) is 14.7 Å². The van der Waals surface area contributed by atoms with Crippen molar-refractivity contribution in [3.05, 3.63) is 102 Å². The Morgan fingerprint density at radius 2 is 1.65 bits per heavy atom. The molecule has 3 aliphatic heterocycles. The molecular formula is C49H66N10O4. The minimum Gasteiger partial charge on any atom is -0.507 e. The summed E-state index contributed by atoms with van der Waals surface area (Å²) in [6, 6.07) is 20.2. The SMILES string of the molecule is CNC(=O)N(CCC=O)c1cnc2c(c1)c(C1CC1)cn2C1CC2(CCN(CC3CCN(c4ccccc4)CC3)CC2)C1.NC(N)=C(/C=C(\N)c1ccccc1O)N1CCOCC1. The fourth-order valence-corrected chi connectivity index (χ4v) is 10.2. The van der Waals surface area contributed by atoms with Gasteiger partial charge in [0.15, 0.2) is 0 Å². The normalized spacial score (nSPS) is 19.5. The number of phenolic OH excluding ortho intramolecular Hbond substituents is 1. The lowest BCUT2D eigenvalue weighted by Crippen LogP contribution is -2.49. The number of carbonyl (C=O) groups is 2. The number of fused-ring (bicyclic) bond motifs is 1. The Hall–Kier alpha value is -5.73. The molecule has 2 aromatic heterocycles. The largest absolute Gasteiger partial charge is 0.507 e. The molecule has 0 atom stereocenters. The second-order valence-corrected chi connectivity index (χ2v) is 18.2. The molecule has 0 bridgehead atoms. The minimum atomic E-state index is -0.208. The van der Waals surface area contributed by atoms with E-state index in [2.05, 4.69) is 62.3 Å². The van der Waals surface area contributed by atoms with Crippen molar-refractivity contribution in [2.24, 2.45) is 28.5 Å². The molecule has 0 radical (unpaired) electrons. The maximum Gasteiger partial charge on any atom is 0.321 e. The van der Waals surface area contributed by atoms with Gasteiger partial charge in [-0.15, -0.1) is 0 Å². The molecule has 5 fully saturated rings. The third-order valence-electron chi connectivity index (χ3n) is 14.0. The van der Waals surface area contributed by atoms with Crippen molar-refractivity contribution in [3.63, 3.8) is 0 Å². The third-order valence-corrected chi connectivity index (χ3v) is 14.0. The number of aromatic hydroxyl groups is 1. The molecule has 14 heteroatoms. The number of benzene rings is 2. The van der Waals surface area contributed by atoms with Crippen LogP contribution in [-0.4, -0.2) is 109 Å². The Kier molecular flexibility index (Phi) is 13.8. The van der Waals surface area contributed by atoms with Crippen LogP contribution in [0.4, 0.5) is 16.2 Å². The average Bonchev–Trinajstić information content (AvgIpc) is 4.09. The van der Waals surface area contributed by atoms with E-state index < -0.39 is 0 Å². The zero-order valence-corrected chi connectivity index (χ0v) is 36.8. The zero-order valence-electron chi connectivity index (χ0n) is 36.8. The summed E-state index contributed by atoms with van der Waals surface area (Å²) < 4.78 is 7.76. The van der Waals surface area contributed by atoms with Crippen LogP contribution in [-0.2, 0) is 9.53 Å². The molecule has 5 aliphatic rings. The van der Waals surface area contributed by atoms with Crippen molar-refractivity contribution >= 4 is 40.4 Å². The van der Waals surface area contributed by atoms with Gasteiger partial charge in [0.2, 0.25) is 0 Å². The molecule has 9 rings (SSSR count). The molecule has 8 N–H and O–H groups in total. The van der Waals surface area contributed by atoms with Crippen molar-refractivity contribution in [2.45, 2.75) is 69.7 Å². The van der Waals surface area contributed by atoms with Crippen LogP contribution in [0.15, 0.2) is 90.7 Å². The highest BCUT2D eigenvalue weighted by atomic mass is 16.5. The summed E-state index contributed by atoms with van der Waals surface area (Å²) in [5.41, 5.74) is 24.2. The number of ether oxygens (including phenoxy) is 1. The van der Waals surface area contributed by atoms with E-state index in [1.165, 1.54) is 101 Å². The standard InChI is InChI=1S/C35H46N6O2.C14H20N4O2/c1-36-34(43)40(14-5-19-42)29-20-31-32(27-8-9-27)25-41(33(31)37-23-29)30-21-35(22-30)12-17-38(18-13-35)24-26-10-15-39(16-11-26)28-6-3-2-4-7-28;15-11(10-3-1-2-4-13(10)19)9-12(14(16)17)18-5-7-20-8-6-18/h2-4,6-7,19-20,23,25-27,30H,5,8-18,21-22,24H2,1H3,(H,36,43);1-4,9,19H,5-8,15-17H2/b;11-9-. The van der Waals surface area contributed by atoms with Crippen LogP contribution >= 0.6 is 0 Å². The average molecular weight is 859 g/mol. The molecule has 4 aromatic rings. The van der Waals surface area contributed by atoms with Crippen LogP contribution in [0.25, 0.3) is 16.7 Å². The minimum absolute atomic E-state index is 0.123. The van der Waals surface area contributed by atoms with Crippen molar-refractivity contribution in [1.29, 1.82) is 0 Å². The van der Waals surface area contributed by atoms with E-state index in [4.69, 9.17) is 26.9 Å². The summed E-state index contributed by atoms with van der Waals surface area (Å²) in [6.45, 7) is 9.12. The molecule has 2 saturated carbocycles. The molecule has 14 nitrogen and oxygen atoms in total. The van der Waals surface area contributed by atoms with Gasteiger partial charge >= 0.3 is 6.03 Å². The van der Waals surface area contributed by atoms with Gasteiger partial charge in [-0.3, -0.25) is 4.90 Å². The maximum absolute atomic E-state index is 12.6. The molecule has 2 aromatic carbocycles. The lowest BCUT2D eigenvalue weighted by Gasteiger charge is -2.53. The van der Waals surface area contributed by atoms with Crippen LogP contribution in [0.3, 0.4) is 0 Å². The highest BCUT2D eigenvalue weighted by molar-refractivity contribution is 5.95. The summed E-state index contributed by atoms with van der Waals surface area (Å²) in [5, 5.41) is 13.7. The van der Waals surface area contributed by atoms with Gasteiger partial charge < -0.3 is 56.4 Å². The lowest BCUT2D eigenvalue weighted by molar-refractivity contribution is -0.107. The summed E-state index contributed by atoms with van der Waals surface area (Å²) in [5.74, 6) is 1.74. The molecule has 63 heavy (non-hydrogen) atoms. The van der Waals surface area contributed by atoms with Gasteiger partial charge in [-0.1, -0.05) is 30.3 Å². The van der Waals surface area contributed by atoms with Gasteiger partial charge in [-0.25, -0.2) is 9.78 Å². The number of nitrogens with one attached hydrogen (secondary N) is 1. The van der Waals surface area contributed by atoms with E-state index in [0.717, 1.165) is 23.5 Å². The number of anilines is 2. The van der Waals surface area contributed by atoms with Crippen LogP contribution in [0.1, 0.15) is 80.9 Å². The summed E-state index contributed by atoms with van der Waals surface area (Å²) >= 11 is 0. The molecule has 0 unspecified atom stereocenters. The first-order valence-corrected chi connectivity index (χ1v) is 22.9. The third kappa shape index (κ3) is 10.2. The number of nitrogens with zero attached hydrogens (tertiary/aromatic N) is 6. The molecule has 2 aliphatic carbocycles. The number of likely N-dealkylation sites (tertiary alicyclic amines) is 1. The van der Waals surface area contributed by atoms with E-state index in [0.29, 0.717) is 73.6 Å². The number of morpholine rings is 1. The molecule has 5 heterocycles. The predicted octanol–water partition coefficient (Wildman–Crippen LogP) is 6.09. The number of aromatic nitrogens is 2. The number of amides is 2. The monoisotopic (exact) mass is 859 g/mol. The van der Waals surface area contributed by atoms with Crippen LogP contribution in [0.5, 0.6) is 5.75 Å². The first kappa shape index (κ1) is 43.9. The highest BCUT2D eigenvalue weighted by Gasteiger charge is 2.47. The Balaban J connectivity index is 0.000000229. The van der Waals surface area contributed by atoms with E-state index in [1.54, 1.807) is 42.3 Å². The molecule has 3 saturated heterocycles. The second kappa shape index (κ2) is 19.8. The number of nitrogens with two attached hydrogens (primary N) is 3. The van der Waals surface area contributed by atoms with Crippen molar-refractivity contribution < 1.29 is 19.4 Å². The molecular weight excluding hydrogens is 793 g/mol. The lowest BCUT2D eigenvalue weighted by atomic mass is 9.60. The van der Waals surface area contributed by atoms with Gasteiger partial charge in [-0.2, -0.15) is 0 Å². The zero-order chi connectivity index (χ0) is 43.9. The van der Waals surface area contributed by atoms with Crippen molar-refractivity contribution in [3.8, 4) is 5.75 Å². The Labute approximate surface area is 371 Å². The first-order chi connectivity index (χ1) is 30.6. The van der Waals surface area contributed by atoms with Crippen LogP contribution in [0.2, 0.25) is 0 Å². The van der Waals surface area contributed by atoms with Gasteiger partial charge in [0.05, 0.1) is 30.8 Å². The Bertz CT molecular complexity index is 2240. The number of carbonyl (C=O) groups excluding carboxylic acids is 2. The fraction of sp³-hybridized carbons (Fsp3) is 0.490. The highest BCUT2D eigenvalue weighted by Crippen LogP contribution is 2.56. The maximum atomic E-state index is 12.6. The van der Waals surface area contributed by atoms with Gasteiger partial charge in [-0.05, 0) is 124 Å². The van der Waals surface area contributed by atoms with E-state index >= 15 is 0 Å². The van der Waals surface area contributed by atoms with Crippen LogP contribution in [0, 0.1) is 11.3 Å². The van der Waals surface area contributed by atoms with Crippen LogP contribution < -0.4 is 32.3 Å². The van der Waals surface area contributed by atoms with E-state index in [1.807, 2.05) is 11.1 Å². The number of aldehydes is 1. The van der Waals surface area contributed by atoms with Gasteiger partial charge in [0.25, 0.3) is 0 Å². The van der Waals surface area contributed by atoms with E-state index in [-0.39, 0.29) is 17.6 Å². The van der Waals surface area contributed by atoms with Crippen molar-refractivity contribution in [2.75, 3.05) is 82.4 Å². The van der Waals surface area contributed by atoms with Gasteiger partial charge in [0.1, 0.15) is 23.5 Å².